The highest BCUT2D eigenvalue weighted by molar-refractivity contribution is 5.78. The number of rotatable bonds is 3. The zero-order chi connectivity index (χ0) is 13.3. The number of allylic oxidation sites excluding steroid dienone is 1. The normalized spacial score (nSPS) is 27.4. The second-order valence-corrected chi connectivity index (χ2v) is 6.96. The molecule has 3 heteroatoms. The Balaban J connectivity index is 2.62. The van der Waals surface area contributed by atoms with Crippen molar-refractivity contribution in [3.05, 3.63) is 12.3 Å². The van der Waals surface area contributed by atoms with E-state index in [9.17, 15) is 10.0 Å². The molecule has 0 aromatic rings. The highest BCUT2D eigenvalue weighted by Crippen LogP contribution is 2.38. The average molecular weight is 239 g/mol. The van der Waals surface area contributed by atoms with Crippen LogP contribution in [0.2, 0.25) is 0 Å². The molecule has 0 aromatic heterocycles. The van der Waals surface area contributed by atoms with Gasteiger partial charge in [-0.25, -0.2) is 0 Å². The number of hydrogen-bond acceptors (Lipinski definition) is 2. The molecule has 1 aliphatic heterocycles. The summed E-state index contributed by atoms with van der Waals surface area (Å²) in [4.78, 5) is 11.5. The molecule has 0 saturated heterocycles. The van der Waals surface area contributed by atoms with Crippen LogP contribution in [0.5, 0.6) is 0 Å². The molecule has 2 unspecified atom stereocenters. The predicted molar refractivity (Wildman–Crippen MR) is 68.3 cm³/mol. The van der Waals surface area contributed by atoms with E-state index in [2.05, 4.69) is 34.6 Å². The maximum atomic E-state index is 11.5. The maximum absolute atomic E-state index is 11.5. The van der Waals surface area contributed by atoms with E-state index in [-0.39, 0.29) is 11.3 Å². The number of hydroxylamine groups is 2. The van der Waals surface area contributed by atoms with E-state index < -0.39 is 0 Å². The highest BCUT2D eigenvalue weighted by Gasteiger charge is 2.32. The molecular formula is C14H25NO2. The summed E-state index contributed by atoms with van der Waals surface area (Å²) in [6, 6.07) is 0. The summed E-state index contributed by atoms with van der Waals surface area (Å²) in [5.41, 5.74) is 0.210. The standard InChI is InChI=1S/C14H25NO2/c1-11(8-13(2,3)4)9-14(5)6-7-15(17)12(16)10-14/h6-7,11,17H,8-10H2,1-5H3. The molecule has 98 valence electrons. The number of hydrogen-bond donors (Lipinski definition) is 1. The second-order valence-electron chi connectivity index (χ2n) is 6.96. The minimum atomic E-state index is -0.210. The lowest BCUT2D eigenvalue weighted by Gasteiger charge is -2.34. The van der Waals surface area contributed by atoms with Crippen molar-refractivity contribution in [2.45, 2.75) is 53.9 Å². The smallest absolute Gasteiger partial charge is 0.250 e. The fraction of sp³-hybridized carbons (Fsp3) is 0.786. The van der Waals surface area contributed by atoms with Gasteiger partial charge in [0.15, 0.2) is 0 Å². The average Bonchev–Trinajstić information content (AvgIpc) is 2.08. The Labute approximate surface area is 104 Å². The Morgan fingerprint density at radius 3 is 2.59 bits per heavy atom. The lowest BCUT2D eigenvalue weighted by molar-refractivity contribution is -0.158. The molecule has 1 rings (SSSR count). The second kappa shape index (κ2) is 4.81. The number of nitrogens with zero attached hydrogens (tertiary/aromatic N) is 1. The highest BCUT2D eigenvalue weighted by atomic mass is 16.5. The van der Waals surface area contributed by atoms with Gasteiger partial charge in [0.2, 0.25) is 0 Å². The van der Waals surface area contributed by atoms with Crippen molar-refractivity contribution < 1.29 is 10.0 Å². The molecule has 17 heavy (non-hydrogen) atoms. The maximum Gasteiger partial charge on any atom is 0.250 e. The van der Waals surface area contributed by atoms with E-state index in [1.54, 1.807) is 0 Å². The van der Waals surface area contributed by atoms with Crippen LogP contribution in [-0.4, -0.2) is 16.2 Å². The van der Waals surface area contributed by atoms with Crippen LogP contribution in [0.4, 0.5) is 0 Å². The van der Waals surface area contributed by atoms with E-state index in [4.69, 9.17) is 0 Å². The monoisotopic (exact) mass is 239 g/mol. The largest absolute Gasteiger partial charge is 0.281 e. The van der Waals surface area contributed by atoms with Gasteiger partial charge >= 0.3 is 0 Å². The molecule has 1 aliphatic rings. The van der Waals surface area contributed by atoms with Crippen LogP contribution in [0.3, 0.4) is 0 Å². The zero-order valence-corrected chi connectivity index (χ0v) is 11.7. The first kappa shape index (κ1) is 14.2. The van der Waals surface area contributed by atoms with Gasteiger partial charge in [-0.05, 0) is 29.6 Å². The summed E-state index contributed by atoms with van der Waals surface area (Å²) < 4.78 is 0. The summed E-state index contributed by atoms with van der Waals surface area (Å²) in [5.74, 6) is 0.362. The topological polar surface area (TPSA) is 40.5 Å². The molecule has 0 saturated carbocycles. The minimum Gasteiger partial charge on any atom is -0.281 e. The molecule has 1 N–H and O–H groups in total. The van der Waals surface area contributed by atoms with Crippen molar-refractivity contribution >= 4 is 5.91 Å². The fourth-order valence-corrected chi connectivity index (χ4v) is 2.87. The first-order valence-electron chi connectivity index (χ1n) is 6.32. The molecule has 0 spiro atoms. The van der Waals surface area contributed by atoms with Crippen LogP contribution in [0.1, 0.15) is 53.9 Å². The molecule has 0 bridgehead atoms. The van der Waals surface area contributed by atoms with Gasteiger partial charge in [-0.2, -0.15) is 5.06 Å². The van der Waals surface area contributed by atoms with E-state index in [0.29, 0.717) is 22.8 Å². The van der Waals surface area contributed by atoms with Crippen LogP contribution in [0.25, 0.3) is 0 Å². The van der Waals surface area contributed by atoms with Crippen molar-refractivity contribution in [3.63, 3.8) is 0 Å². The minimum absolute atomic E-state index is 0.110. The molecule has 2 atom stereocenters. The molecule has 3 nitrogen and oxygen atoms in total. The summed E-state index contributed by atoms with van der Waals surface area (Å²) in [7, 11) is 0. The van der Waals surface area contributed by atoms with Crippen molar-refractivity contribution in [3.8, 4) is 0 Å². The number of carbonyl (C=O) groups excluding carboxylic acids is 1. The van der Waals surface area contributed by atoms with Crippen LogP contribution in [-0.2, 0) is 4.79 Å². The van der Waals surface area contributed by atoms with E-state index in [0.717, 1.165) is 12.8 Å². The summed E-state index contributed by atoms with van der Waals surface area (Å²) in [6.45, 7) is 11.0. The predicted octanol–water partition coefficient (Wildman–Crippen LogP) is 3.59. The van der Waals surface area contributed by atoms with Crippen molar-refractivity contribution in [1.82, 2.24) is 5.06 Å². The molecule has 0 fully saturated rings. The van der Waals surface area contributed by atoms with Crippen LogP contribution < -0.4 is 0 Å². The van der Waals surface area contributed by atoms with Crippen molar-refractivity contribution in [2.75, 3.05) is 0 Å². The third-order valence-corrected chi connectivity index (χ3v) is 3.20. The summed E-state index contributed by atoms with van der Waals surface area (Å²) >= 11 is 0. The van der Waals surface area contributed by atoms with E-state index in [1.807, 2.05) is 6.08 Å². The summed E-state index contributed by atoms with van der Waals surface area (Å²) in [6.07, 6.45) is 5.96. The van der Waals surface area contributed by atoms with E-state index in [1.165, 1.54) is 6.20 Å². The van der Waals surface area contributed by atoms with Gasteiger partial charge in [-0.1, -0.05) is 40.7 Å². The van der Waals surface area contributed by atoms with Crippen LogP contribution in [0.15, 0.2) is 12.3 Å². The van der Waals surface area contributed by atoms with Crippen LogP contribution in [0, 0.1) is 16.7 Å². The number of carbonyl (C=O) groups is 1. The summed E-state index contributed by atoms with van der Waals surface area (Å²) in [5, 5.41) is 9.92. The molecule has 0 aromatic carbocycles. The third kappa shape index (κ3) is 4.50. The van der Waals surface area contributed by atoms with Gasteiger partial charge in [-0.3, -0.25) is 10.0 Å². The van der Waals surface area contributed by atoms with E-state index >= 15 is 0 Å². The Bertz CT molecular complexity index is 317. The fourth-order valence-electron chi connectivity index (χ4n) is 2.87. The Morgan fingerprint density at radius 1 is 1.53 bits per heavy atom. The molecule has 0 radical (unpaired) electrons. The lowest BCUT2D eigenvalue weighted by atomic mass is 9.73. The Hall–Kier alpha value is -0.830. The molecular weight excluding hydrogens is 214 g/mol. The van der Waals surface area contributed by atoms with Gasteiger partial charge in [0, 0.05) is 12.6 Å². The Morgan fingerprint density at radius 2 is 2.12 bits per heavy atom. The molecule has 1 amide bonds. The zero-order valence-electron chi connectivity index (χ0n) is 11.7. The van der Waals surface area contributed by atoms with Gasteiger partial charge in [0.1, 0.15) is 0 Å². The quantitative estimate of drug-likeness (QED) is 0.765. The van der Waals surface area contributed by atoms with Gasteiger partial charge in [0.25, 0.3) is 5.91 Å². The Kier molecular flexibility index (Phi) is 4.03. The molecule has 0 aliphatic carbocycles. The SMILES string of the molecule is CC(CC(C)(C)C)CC1(C)C=CN(O)C(=O)C1. The van der Waals surface area contributed by atoms with Crippen molar-refractivity contribution in [1.29, 1.82) is 0 Å². The number of amides is 1. The first-order chi connectivity index (χ1) is 7.61. The van der Waals surface area contributed by atoms with Gasteiger partial charge in [0.05, 0.1) is 0 Å². The van der Waals surface area contributed by atoms with Gasteiger partial charge < -0.3 is 0 Å². The van der Waals surface area contributed by atoms with Crippen molar-refractivity contribution in [2.24, 2.45) is 16.7 Å². The molecule has 1 heterocycles. The van der Waals surface area contributed by atoms with Gasteiger partial charge in [-0.15, -0.1) is 0 Å². The lowest BCUT2D eigenvalue weighted by Crippen LogP contribution is -2.34. The first-order valence-corrected chi connectivity index (χ1v) is 6.32. The third-order valence-electron chi connectivity index (χ3n) is 3.20. The van der Waals surface area contributed by atoms with Crippen LogP contribution >= 0.6 is 0 Å².